The van der Waals surface area contributed by atoms with E-state index in [0.717, 1.165) is 5.56 Å². The third-order valence-electron chi connectivity index (χ3n) is 3.00. The van der Waals surface area contributed by atoms with Crippen LogP contribution in [0.5, 0.6) is 0 Å². The zero-order valence-corrected chi connectivity index (χ0v) is 11.5. The molecule has 0 N–H and O–H groups in total. The van der Waals surface area contributed by atoms with Crippen LogP contribution in [0.4, 0.5) is 0 Å². The third kappa shape index (κ3) is 2.98. The van der Waals surface area contributed by atoms with Crippen molar-refractivity contribution in [2.24, 2.45) is 5.92 Å². The fraction of sp³-hybridized carbons (Fsp3) is 0.357. The van der Waals surface area contributed by atoms with Crippen molar-refractivity contribution >= 4 is 29.1 Å². The van der Waals surface area contributed by atoms with Crippen molar-refractivity contribution in [3.8, 4) is 0 Å². The molecule has 0 radical (unpaired) electrons. The average molecular weight is 277 g/mol. The highest BCUT2D eigenvalue weighted by Gasteiger charge is 2.40. The fourth-order valence-electron chi connectivity index (χ4n) is 2.04. The van der Waals surface area contributed by atoms with E-state index in [1.165, 1.54) is 4.90 Å². The number of rotatable bonds is 4. The zero-order valence-electron chi connectivity index (χ0n) is 10.7. The first-order valence-corrected chi connectivity index (χ1v) is 6.59. The molecule has 1 aromatic carbocycles. The largest absolute Gasteiger partial charge is 0.465 e. The van der Waals surface area contributed by atoms with Crippen molar-refractivity contribution < 1.29 is 14.3 Å². The Bertz CT molecular complexity index is 501. The molecule has 0 aromatic heterocycles. The van der Waals surface area contributed by atoms with Gasteiger partial charge < -0.3 is 9.64 Å². The van der Waals surface area contributed by atoms with Crippen LogP contribution in [-0.4, -0.2) is 28.4 Å². The molecule has 0 aliphatic carbocycles. The molecule has 5 heteroatoms. The van der Waals surface area contributed by atoms with Gasteiger partial charge in [-0.05, 0) is 12.5 Å². The molecule has 19 heavy (non-hydrogen) atoms. The molecule has 4 nitrogen and oxygen atoms in total. The molecule has 1 amide bonds. The second-order valence-corrected chi connectivity index (χ2v) is 4.73. The van der Waals surface area contributed by atoms with Crippen molar-refractivity contribution in [2.75, 3.05) is 6.61 Å². The molecule has 1 aliphatic rings. The molecule has 1 aromatic rings. The Morgan fingerprint density at radius 1 is 1.42 bits per heavy atom. The maximum Gasteiger partial charge on any atom is 0.316 e. The molecule has 100 valence electrons. The van der Waals surface area contributed by atoms with Gasteiger partial charge in [-0.15, -0.1) is 0 Å². The summed E-state index contributed by atoms with van der Waals surface area (Å²) >= 11 is 5.23. The Labute approximate surface area is 117 Å². The van der Waals surface area contributed by atoms with Crippen LogP contribution in [0.2, 0.25) is 0 Å². The lowest BCUT2D eigenvalue weighted by molar-refractivity contribution is -0.146. The van der Waals surface area contributed by atoms with E-state index in [9.17, 15) is 9.59 Å². The number of likely N-dealkylation sites (tertiary alicyclic amines) is 1. The zero-order chi connectivity index (χ0) is 13.8. The summed E-state index contributed by atoms with van der Waals surface area (Å²) in [6, 6.07) is 9.57. The molecule has 0 saturated carbocycles. The van der Waals surface area contributed by atoms with E-state index in [1.807, 2.05) is 30.3 Å². The van der Waals surface area contributed by atoms with E-state index in [4.69, 9.17) is 17.0 Å². The first-order valence-electron chi connectivity index (χ1n) is 6.18. The van der Waals surface area contributed by atoms with Gasteiger partial charge in [-0.1, -0.05) is 42.5 Å². The van der Waals surface area contributed by atoms with E-state index in [0.29, 0.717) is 18.1 Å². The molecule has 1 atom stereocenters. The van der Waals surface area contributed by atoms with Crippen molar-refractivity contribution in [2.45, 2.75) is 19.9 Å². The lowest BCUT2D eigenvalue weighted by Crippen LogP contribution is -2.31. The smallest absolute Gasteiger partial charge is 0.316 e. The highest BCUT2D eigenvalue weighted by Crippen LogP contribution is 2.24. The topological polar surface area (TPSA) is 46.6 Å². The molecule has 0 bridgehead atoms. The van der Waals surface area contributed by atoms with Gasteiger partial charge in [0.05, 0.1) is 18.1 Å². The van der Waals surface area contributed by atoms with Gasteiger partial charge in [0, 0.05) is 6.42 Å². The minimum atomic E-state index is -0.605. The number of nitrogens with zero attached hydrogens (tertiary/aromatic N) is 1. The average Bonchev–Trinajstić information content (AvgIpc) is 2.68. The van der Waals surface area contributed by atoms with Gasteiger partial charge in [0.2, 0.25) is 5.91 Å². The lowest BCUT2D eigenvalue weighted by Gasteiger charge is -2.17. The van der Waals surface area contributed by atoms with Crippen LogP contribution >= 0.6 is 12.2 Å². The minimum absolute atomic E-state index is 0.116. The second kappa shape index (κ2) is 5.93. The Kier molecular flexibility index (Phi) is 4.27. The highest BCUT2D eigenvalue weighted by molar-refractivity contribution is 7.80. The molecule has 0 spiro atoms. The summed E-state index contributed by atoms with van der Waals surface area (Å²) in [7, 11) is 0. The standard InChI is InChI=1S/C14H15NO3S/c1-2-18-14(17)11-8-12(16)15(13(11)19)9-10-6-4-3-5-7-10/h3-7,11H,2,8-9H2,1H3. The van der Waals surface area contributed by atoms with Gasteiger partial charge in [0.25, 0.3) is 0 Å². The SMILES string of the molecule is CCOC(=O)C1CC(=O)N(Cc2ccccc2)C1=S. The molecular weight excluding hydrogens is 262 g/mol. The molecule has 1 unspecified atom stereocenters. The maximum absolute atomic E-state index is 11.9. The van der Waals surface area contributed by atoms with E-state index in [1.54, 1.807) is 6.92 Å². The number of carbonyl (C=O) groups excluding carboxylic acids is 2. The summed E-state index contributed by atoms with van der Waals surface area (Å²) in [5.41, 5.74) is 0.989. The molecular formula is C14H15NO3S. The van der Waals surface area contributed by atoms with Crippen LogP contribution in [0.25, 0.3) is 0 Å². The molecule has 1 saturated heterocycles. The summed E-state index contributed by atoms with van der Waals surface area (Å²) < 4.78 is 4.94. The highest BCUT2D eigenvalue weighted by atomic mass is 32.1. The molecule has 1 fully saturated rings. The maximum atomic E-state index is 11.9. The van der Waals surface area contributed by atoms with Gasteiger partial charge in [-0.25, -0.2) is 0 Å². The Morgan fingerprint density at radius 2 is 2.11 bits per heavy atom. The quantitative estimate of drug-likeness (QED) is 0.623. The number of carbonyl (C=O) groups is 2. The molecule has 1 aliphatic heterocycles. The van der Waals surface area contributed by atoms with Crippen LogP contribution in [0.15, 0.2) is 30.3 Å². The van der Waals surface area contributed by atoms with Crippen LogP contribution in [0.3, 0.4) is 0 Å². The van der Waals surface area contributed by atoms with Gasteiger partial charge in [-0.2, -0.15) is 0 Å². The summed E-state index contributed by atoms with van der Waals surface area (Å²) in [6.07, 6.45) is 0.116. The Hall–Kier alpha value is -1.75. The van der Waals surface area contributed by atoms with E-state index < -0.39 is 11.9 Å². The van der Waals surface area contributed by atoms with E-state index in [2.05, 4.69) is 0 Å². The number of hydrogen-bond donors (Lipinski definition) is 0. The van der Waals surface area contributed by atoms with Crippen molar-refractivity contribution in [1.29, 1.82) is 0 Å². The monoisotopic (exact) mass is 277 g/mol. The number of thiocarbonyl (C=S) groups is 1. The summed E-state index contributed by atoms with van der Waals surface area (Å²) in [6.45, 7) is 2.44. The van der Waals surface area contributed by atoms with E-state index >= 15 is 0 Å². The van der Waals surface area contributed by atoms with Crippen LogP contribution in [0.1, 0.15) is 18.9 Å². The van der Waals surface area contributed by atoms with Gasteiger partial charge >= 0.3 is 5.97 Å². The predicted molar refractivity (Wildman–Crippen MR) is 74.3 cm³/mol. The number of ether oxygens (including phenoxy) is 1. The number of hydrogen-bond acceptors (Lipinski definition) is 4. The van der Waals surface area contributed by atoms with Gasteiger partial charge in [-0.3, -0.25) is 9.59 Å². The first-order chi connectivity index (χ1) is 9.13. The number of amides is 1. The number of esters is 1. The Morgan fingerprint density at radius 3 is 2.74 bits per heavy atom. The third-order valence-corrected chi connectivity index (χ3v) is 3.50. The van der Waals surface area contributed by atoms with Gasteiger partial charge in [0.1, 0.15) is 5.92 Å². The van der Waals surface area contributed by atoms with Crippen molar-refractivity contribution in [3.05, 3.63) is 35.9 Å². The summed E-state index contributed by atoms with van der Waals surface area (Å²) in [4.78, 5) is 25.5. The van der Waals surface area contributed by atoms with Crippen molar-refractivity contribution in [1.82, 2.24) is 4.90 Å². The first kappa shape index (κ1) is 13.7. The number of benzene rings is 1. The Balaban J connectivity index is 2.09. The van der Waals surface area contributed by atoms with E-state index in [-0.39, 0.29) is 12.3 Å². The normalized spacial score (nSPS) is 18.8. The van der Waals surface area contributed by atoms with Crippen LogP contribution in [0, 0.1) is 5.92 Å². The van der Waals surface area contributed by atoms with Crippen LogP contribution in [-0.2, 0) is 20.9 Å². The van der Waals surface area contributed by atoms with Gasteiger partial charge in [0.15, 0.2) is 0 Å². The van der Waals surface area contributed by atoms with Crippen molar-refractivity contribution in [3.63, 3.8) is 0 Å². The fourth-order valence-corrected chi connectivity index (χ4v) is 2.39. The van der Waals surface area contributed by atoms with Crippen LogP contribution < -0.4 is 0 Å². The summed E-state index contributed by atoms with van der Waals surface area (Å²) in [5, 5.41) is 0. The second-order valence-electron chi connectivity index (χ2n) is 4.31. The molecule has 2 rings (SSSR count). The lowest BCUT2D eigenvalue weighted by atomic mass is 10.1. The summed E-state index contributed by atoms with van der Waals surface area (Å²) in [5.74, 6) is -1.13. The molecule has 1 heterocycles. The minimum Gasteiger partial charge on any atom is -0.465 e. The predicted octanol–water partition coefficient (Wildman–Crippen LogP) is 1.93.